The van der Waals surface area contributed by atoms with E-state index in [4.69, 9.17) is 5.11 Å². The summed E-state index contributed by atoms with van der Waals surface area (Å²) >= 11 is 0. The first kappa shape index (κ1) is 86.9. The molecule has 36 heteroatoms. The molecule has 4 aromatic rings. The molecule has 19 N–H and O–H groups in total. The Kier molecular flexibility index (Phi) is 34.7. The molecule has 36 nitrogen and oxygen atoms in total. The summed E-state index contributed by atoms with van der Waals surface area (Å²) in [6.07, 6.45) is 0.909. The van der Waals surface area contributed by atoms with Gasteiger partial charge in [0.15, 0.2) is 0 Å². The molecule has 0 unspecified atom stereocenters. The van der Waals surface area contributed by atoms with E-state index >= 15 is 0 Å². The van der Waals surface area contributed by atoms with E-state index in [1.54, 1.807) is 79.8 Å². The van der Waals surface area contributed by atoms with Crippen LogP contribution in [0.2, 0.25) is 0 Å². The minimum Gasteiger partial charge on any atom is -0.508 e. The number of aliphatic carboxylic acids is 4. The zero-order valence-corrected chi connectivity index (χ0v) is 60.7. The van der Waals surface area contributed by atoms with Crippen LogP contribution >= 0.6 is 0 Å². The smallest absolute Gasteiger partial charge is 0.326 e. The third kappa shape index (κ3) is 28.6. The van der Waals surface area contributed by atoms with E-state index in [0.29, 0.717) is 23.2 Å². The molecule has 0 radical (unpaired) electrons. The van der Waals surface area contributed by atoms with Crippen molar-refractivity contribution in [3.63, 3.8) is 0 Å². The standard InChI is InChI=1S/C70H99N15O21/c1-11-36(7)58(68(103)82-51(70(105)106)27-41-30-72-45-16-14-13-15-44(41)45)85-69(104)59(37(8)12-2)84-66(101)50(29-56(93)94)80-64(99)47(25-34(3)4)79-65(100)49(28-42-31-71-33-74-42)78-60(95)38(9)75-53(88)32-73-62(97)48(26-40-17-19-43(86)20-18-40)81-67(102)57(35(5)6)83-61(96)39(10)76-63(98)46(21-23-54(89)90)77-52(87)22-24-55(91)92/h13-20,30-31,33-39,46-51,57-59,72,86H,11-12,21-29,32H2,1-10H3,(H,71,74)(H,73,97)(H,75,88)(H,76,98)(H,77,87)(H,78,95)(H,79,100)(H,80,99)(H,81,102)(H,82,103)(H,83,96)(H,84,101)(H,85,104)(H,89,90)(H,91,92)(H,93,94)(H,105,106)/t36-,37-,38+,39-,46-,47-,48-,49-,50-,51-,57-,58-,59-/m0/s1. The highest BCUT2D eigenvalue weighted by atomic mass is 16.4. The van der Waals surface area contributed by atoms with Crippen molar-refractivity contribution in [3.8, 4) is 5.75 Å². The van der Waals surface area contributed by atoms with Crippen LogP contribution in [0.4, 0.5) is 0 Å². The molecule has 12 amide bonds. The molecule has 0 aliphatic carbocycles. The molecule has 2 aromatic carbocycles. The summed E-state index contributed by atoms with van der Waals surface area (Å²) in [4.78, 5) is 223. The van der Waals surface area contributed by atoms with Crippen LogP contribution in [-0.4, -0.2) is 208 Å². The molecule has 0 bridgehead atoms. The van der Waals surface area contributed by atoms with Gasteiger partial charge < -0.3 is 99.3 Å². The predicted octanol–water partition coefficient (Wildman–Crippen LogP) is -0.804. The Labute approximate surface area is 610 Å². The Bertz CT molecular complexity index is 3750. The summed E-state index contributed by atoms with van der Waals surface area (Å²) in [7, 11) is 0. The number of carboxylic acids is 4. The molecular formula is C70H99N15O21. The molecule has 13 atom stereocenters. The summed E-state index contributed by atoms with van der Waals surface area (Å²) in [6, 6.07) is -3.72. The number of aromatic hydroxyl groups is 1. The van der Waals surface area contributed by atoms with Crippen molar-refractivity contribution < 1.29 is 102 Å². The van der Waals surface area contributed by atoms with Crippen LogP contribution in [0.1, 0.15) is 137 Å². The Balaban J connectivity index is 1.47. The van der Waals surface area contributed by atoms with Gasteiger partial charge >= 0.3 is 23.9 Å². The SMILES string of the molecule is CC[C@H](C)[C@H](NC(=O)[C@H](CC(=O)O)NC(=O)[C@H](CC(C)C)NC(=O)[C@H](Cc1cnc[nH]1)NC(=O)[C@@H](C)NC(=O)CNC(=O)[C@H](Cc1ccc(O)cc1)NC(=O)[C@@H](NC(=O)[C@H](C)NC(=O)[C@H](CCC(=O)O)NC(=O)CCC(=O)O)C(C)C)C(=O)N[C@H](C(=O)N[C@@H](Cc1c[nH]c2ccccc12)C(=O)O)[C@@H](C)CC. The van der Waals surface area contributed by atoms with Crippen LogP contribution in [0.15, 0.2) is 67.3 Å². The number of imidazole rings is 1. The maximum absolute atomic E-state index is 14.4. The average molecular weight is 1490 g/mol. The topological polar surface area (TPSA) is 563 Å². The van der Waals surface area contributed by atoms with E-state index in [2.05, 4.69) is 78.8 Å². The quantitative estimate of drug-likeness (QED) is 0.0257. The van der Waals surface area contributed by atoms with Crippen LogP contribution in [0.5, 0.6) is 5.75 Å². The van der Waals surface area contributed by atoms with Gasteiger partial charge in [-0.2, -0.15) is 0 Å². The van der Waals surface area contributed by atoms with Gasteiger partial charge in [0, 0.05) is 61.1 Å². The van der Waals surface area contributed by atoms with Crippen LogP contribution in [0, 0.1) is 23.7 Å². The van der Waals surface area contributed by atoms with Crippen molar-refractivity contribution in [1.29, 1.82) is 0 Å². The molecule has 0 aliphatic rings. The Morgan fingerprint density at radius 1 is 0.453 bits per heavy atom. The van der Waals surface area contributed by atoms with Crippen molar-refractivity contribution in [3.05, 3.63) is 84.1 Å². The predicted molar refractivity (Wildman–Crippen MR) is 379 cm³/mol. The van der Waals surface area contributed by atoms with E-state index in [-0.39, 0.29) is 43.8 Å². The summed E-state index contributed by atoms with van der Waals surface area (Å²) in [5.41, 5.74) is 2.07. The highest BCUT2D eigenvalue weighted by molar-refractivity contribution is 6.00. The van der Waals surface area contributed by atoms with Crippen molar-refractivity contribution in [2.75, 3.05) is 6.54 Å². The fraction of sp³-hybridized carbons (Fsp3) is 0.529. The lowest BCUT2D eigenvalue weighted by molar-refractivity contribution is -0.143. The Morgan fingerprint density at radius 2 is 0.962 bits per heavy atom. The monoisotopic (exact) mass is 1490 g/mol. The van der Waals surface area contributed by atoms with E-state index in [1.165, 1.54) is 50.6 Å². The number of aromatic amines is 2. The van der Waals surface area contributed by atoms with E-state index in [9.17, 15) is 97.1 Å². The normalized spacial score (nSPS) is 14.9. The largest absolute Gasteiger partial charge is 0.508 e. The lowest BCUT2D eigenvalue weighted by atomic mass is 9.94. The third-order valence-corrected chi connectivity index (χ3v) is 17.3. The highest BCUT2D eigenvalue weighted by Crippen LogP contribution is 2.21. The molecule has 0 saturated carbocycles. The first-order valence-electron chi connectivity index (χ1n) is 34.7. The van der Waals surface area contributed by atoms with Crippen LogP contribution in [0.25, 0.3) is 10.9 Å². The lowest BCUT2D eigenvalue weighted by Crippen LogP contribution is -2.62. The van der Waals surface area contributed by atoms with Gasteiger partial charge in [-0.1, -0.05) is 98.6 Å². The number of carbonyl (C=O) groups excluding carboxylic acids is 12. The zero-order valence-electron chi connectivity index (χ0n) is 60.7. The first-order chi connectivity index (χ1) is 49.9. The van der Waals surface area contributed by atoms with Gasteiger partial charge in [0.05, 0.1) is 25.7 Å². The van der Waals surface area contributed by atoms with Gasteiger partial charge in [0.25, 0.3) is 0 Å². The minimum atomic E-state index is -1.88. The van der Waals surface area contributed by atoms with Gasteiger partial charge in [-0.3, -0.25) is 71.9 Å². The number of rotatable bonds is 45. The number of benzene rings is 2. The van der Waals surface area contributed by atoms with Gasteiger partial charge in [-0.15, -0.1) is 0 Å². The lowest BCUT2D eigenvalue weighted by Gasteiger charge is -2.31. The molecule has 0 spiro atoms. The molecule has 2 heterocycles. The molecule has 2 aromatic heterocycles. The number of amides is 12. The third-order valence-electron chi connectivity index (χ3n) is 17.3. The molecule has 580 valence electrons. The maximum Gasteiger partial charge on any atom is 0.326 e. The minimum absolute atomic E-state index is 0.112. The fourth-order valence-electron chi connectivity index (χ4n) is 10.8. The summed E-state index contributed by atoms with van der Waals surface area (Å²) in [5.74, 6) is -19.4. The second-order valence-electron chi connectivity index (χ2n) is 26.7. The number of carbonyl (C=O) groups is 16. The van der Waals surface area contributed by atoms with E-state index < -0.39 is 218 Å². The Hall–Kier alpha value is -11.5. The maximum atomic E-state index is 14.4. The number of nitrogens with one attached hydrogen (secondary N) is 14. The van der Waals surface area contributed by atoms with Crippen molar-refractivity contribution >= 4 is 106 Å². The van der Waals surface area contributed by atoms with Crippen LogP contribution in [0.3, 0.4) is 0 Å². The average Bonchev–Trinajstić information content (AvgIpc) is 1.65. The number of hydrogen-bond donors (Lipinski definition) is 19. The molecule has 0 aliphatic heterocycles. The number of nitrogens with zero attached hydrogens (tertiary/aromatic N) is 1. The number of phenols is 1. The van der Waals surface area contributed by atoms with Crippen LogP contribution < -0.4 is 63.8 Å². The first-order valence-corrected chi connectivity index (χ1v) is 34.7. The number of phenolic OH excluding ortho intramolecular Hbond substituents is 1. The number of hydrogen-bond acceptors (Lipinski definition) is 18. The van der Waals surface area contributed by atoms with Crippen LogP contribution in [-0.2, 0) is 96.0 Å². The van der Waals surface area contributed by atoms with E-state index in [1.807, 2.05) is 6.07 Å². The fourth-order valence-corrected chi connectivity index (χ4v) is 10.8. The summed E-state index contributed by atoms with van der Waals surface area (Å²) in [5, 5.41) is 78.9. The van der Waals surface area contributed by atoms with Gasteiger partial charge in [-0.05, 0) is 79.7 Å². The molecule has 106 heavy (non-hydrogen) atoms. The number of carboxylic acid groups (broad SMARTS) is 4. The second-order valence-corrected chi connectivity index (χ2v) is 26.7. The van der Waals surface area contributed by atoms with Gasteiger partial charge in [-0.25, -0.2) is 9.78 Å². The van der Waals surface area contributed by atoms with E-state index in [0.717, 1.165) is 10.9 Å². The molecule has 0 saturated heterocycles. The van der Waals surface area contributed by atoms with Crippen molar-refractivity contribution in [2.24, 2.45) is 23.7 Å². The highest BCUT2D eigenvalue weighted by Gasteiger charge is 2.39. The van der Waals surface area contributed by atoms with Crippen molar-refractivity contribution in [2.45, 2.75) is 206 Å². The Morgan fingerprint density at radius 3 is 1.54 bits per heavy atom. The molecular weight excluding hydrogens is 1390 g/mol. The van der Waals surface area contributed by atoms with Gasteiger partial charge in [0.2, 0.25) is 70.9 Å². The molecule has 4 rings (SSSR count). The number of aromatic nitrogens is 3. The number of para-hydroxylation sites is 1. The molecule has 0 fully saturated rings. The zero-order chi connectivity index (χ0) is 79.2. The summed E-state index contributed by atoms with van der Waals surface area (Å²) in [6.45, 7) is 14.8. The summed E-state index contributed by atoms with van der Waals surface area (Å²) < 4.78 is 0. The second kappa shape index (κ2) is 42.3. The number of H-pyrrole nitrogens is 2. The number of fused-ring (bicyclic) bond motifs is 1. The van der Waals surface area contributed by atoms with Gasteiger partial charge in [0.1, 0.15) is 72.2 Å². The van der Waals surface area contributed by atoms with Crippen molar-refractivity contribution in [1.82, 2.24) is 78.8 Å².